The highest BCUT2D eigenvalue weighted by Gasteiger charge is 2.36. The third kappa shape index (κ3) is 2.33. The van der Waals surface area contributed by atoms with Gasteiger partial charge >= 0.3 is 0 Å². The van der Waals surface area contributed by atoms with E-state index in [1.54, 1.807) is 0 Å². The SMILES string of the molecule is c1ccc(CN2N=N[C@@H]3c4ccccc4CCC[C@H]32)cc1. The highest BCUT2D eigenvalue weighted by Crippen LogP contribution is 2.39. The number of hydrogen-bond donors (Lipinski definition) is 0. The van der Waals surface area contributed by atoms with Gasteiger partial charge in [0.1, 0.15) is 6.04 Å². The Hall–Kier alpha value is -2.16. The van der Waals surface area contributed by atoms with E-state index in [4.69, 9.17) is 0 Å². The van der Waals surface area contributed by atoms with E-state index in [0.29, 0.717) is 6.04 Å². The minimum atomic E-state index is 0.215. The van der Waals surface area contributed by atoms with Crippen molar-refractivity contribution >= 4 is 0 Å². The summed E-state index contributed by atoms with van der Waals surface area (Å²) in [6.07, 6.45) is 3.55. The fourth-order valence-electron chi connectivity index (χ4n) is 3.48. The molecule has 0 radical (unpaired) electrons. The molecule has 0 saturated heterocycles. The van der Waals surface area contributed by atoms with Gasteiger partial charge in [0.15, 0.2) is 0 Å². The van der Waals surface area contributed by atoms with Crippen molar-refractivity contribution in [1.29, 1.82) is 0 Å². The van der Waals surface area contributed by atoms with Gasteiger partial charge in [0, 0.05) is 0 Å². The van der Waals surface area contributed by atoms with Gasteiger partial charge in [0.05, 0.1) is 12.6 Å². The molecule has 2 aliphatic rings. The van der Waals surface area contributed by atoms with E-state index < -0.39 is 0 Å². The number of fused-ring (bicyclic) bond motifs is 3. The first-order chi connectivity index (χ1) is 10.4. The number of nitrogens with zero attached hydrogens (tertiary/aromatic N) is 3. The van der Waals surface area contributed by atoms with E-state index in [1.165, 1.54) is 29.5 Å². The van der Waals surface area contributed by atoms with Crippen molar-refractivity contribution in [2.45, 2.75) is 37.9 Å². The van der Waals surface area contributed by atoms with Crippen LogP contribution in [0.2, 0.25) is 0 Å². The summed E-state index contributed by atoms with van der Waals surface area (Å²) in [4.78, 5) is 0. The molecule has 1 aliphatic carbocycles. The maximum Gasteiger partial charge on any atom is 0.120 e. The minimum Gasteiger partial charge on any atom is -0.269 e. The Morgan fingerprint density at radius 1 is 1.00 bits per heavy atom. The van der Waals surface area contributed by atoms with Gasteiger partial charge in [0.25, 0.3) is 0 Å². The fraction of sp³-hybridized carbons (Fsp3) is 0.333. The van der Waals surface area contributed by atoms with Gasteiger partial charge < -0.3 is 0 Å². The molecule has 0 spiro atoms. The van der Waals surface area contributed by atoms with Crippen molar-refractivity contribution in [2.75, 3.05) is 0 Å². The molecular weight excluding hydrogens is 258 g/mol. The Balaban J connectivity index is 1.61. The predicted octanol–water partition coefficient (Wildman–Crippen LogP) is 4.32. The maximum absolute atomic E-state index is 4.59. The Labute approximate surface area is 125 Å². The molecule has 2 aromatic rings. The molecule has 3 nitrogen and oxygen atoms in total. The van der Waals surface area contributed by atoms with Crippen LogP contribution in [0.1, 0.15) is 35.6 Å². The normalized spacial score (nSPS) is 23.5. The fourth-order valence-corrected chi connectivity index (χ4v) is 3.48. The molecule has 1 aliphatic heterocycles. The summed E-state index contributed by atoms with van der Waals surface area (Å²) in [6.45, 7) is 0.855. The number of benzene rings is 2. The molecule has 0 saturated carbocycles. The van der Waals surface area contributed by atoms with E-state index in [-0.39, 0.29) is 6.04 Å². The molecule has 0 aromatic heterocycles. The molecule has 2 atom stereocenters. The maximum atomic E-state index is 4.59. The van der Waals surface area contributed by atoms with Gasteiger partial charge in [-0.05, 0) is 36.0 Å². The number of hydrogen-bond acceptors (Lipinski definition) is 3. The van der Waals surface area contributed by atoms with Crippen LogP contribution >= 0.6 is 0 Å². The van der Waals surface area contributed by atoms with Crippen LogP contribution in [0.4, 0.5) is 0 Å². The van der Waals surface area contributed by atoms with Crippen molar-refractivity contribution in [2.24, 2.45) is 10.3 Å². The Morgan fingerprint density at radius 2 is 1.81 bits per heavy atom. The lowest BCUT2D eigenvalue weighted by molar-refractivity contribution is 0.200. The van der Waals surface area contributed by atoms with Crippen LogP contribution in [-0.4, -0.2) is 11.1 Å². The molecule has 4 rings (SSSR count). The minimum absolute atomic E-state index is 0.215. The van der Waals surface area contributed by atoms with E-state index in [1.807, 2.05) is 0 Å². The van der Waals surface area contributed by atoms with E-state index in [9.17, 15) is 0 Å². The quantitative estimate of drug-likeness (QED) is 0.803. The van der Waals surface area contributed by atoms with Crippen LogP contribution in [0.3, 0.4) is 0 Å². The zero-order chi connectivity index (χ0) is 14.1. The third-order valence-corrected chi connectivity index (χ3v) is 4.55. The lowest BCUT2D eigenvalue weighted by Gasteiger charge is -2.24. The second-order valence-electron chi connectivity index (χ2n) is 5.89. The highest BCUT2D eigenvalue weighted by molar-refractivity contribution is 5.33. The van der Waals surface area contributed by atoms with E-state index in [2.05, 4.69) is 69.9 Å². The van der Waals surface area contributed by atoms with Crippen LogP contribution < -0.4 is 0 Å². The summed E-state index contributed by atoms with van der Waals surface area (Å²) < 4.78 is 0. The average Bonchev–Trinajstić information content (AvgIpc) is 2.82. The molecule has 0 bridgehead atoms. The molecule has 0 amide bonds. The van der Waals surface area contributed by atoms with Gasteiger partial charge in [-0.2, -0.15) is 5.11 Å². The summed E-state index contributed by atoms with van der Waals surface area (Å²) in [6, 6.07) is 19.9. The van der Waals surface area contributed by atoms with Gasteiger partial charge in [-0.3, -0.25) is 5.01 Å². The van der Waals surface area contributed by atoms with E-state index in [0.717, 1.165) is 13.0 Å². The van der Waals surface area contributed by atoms with Crippen LogP contribution in [-0.2, 0) is 13.0 Å². The molecule has 0 unspecified atom stereocenters. The Morgan fingerprint density at radius 3 is 2.71 bits per heavy atom. The topological polar surface area (TPSA) is 28.0 Å². The molecule has 106 valence electrons. The van der Waals surface area contributed by atoms with Gasteiger partial charge in [-0.15, -0.1) is 0 Å². The van der Waals surface area contributed by atoms with Crippen molar-refractivity contribution < 1.29 is 0 Å². The lowest BCUT2D eigenvalue weighted by Crippen LogP contribution is -2.29. The second kappa shape index (κ2) is 5.32. The monoisotopic (exact) mass is 277 g/mol. The highest BCUT2D eigenvalue weighted by atomic mass is 15.6. The zero-order valence-corrected chi connectivity index (χ0v) is 12.0. The van der Waals surface area contributed by atoms with Gasteiger partial charge in [-0.1, -0.05) is 59.8 Å². The summed E-state index contributed by atoms with van der Waals surface area (Å²) in [7, 11) is 0. The van der Waals surface area contributed by atoms with Crippen LogP contribution in [0.5, 0.6) is 0 Å². The van der Waals surface area contributed by atoms with Crippen molar-refractivity contribution in [3.8, 4) is 0 Å². The molecule has 0 N–H and O–H groups in total. The standard InChI is InChI=1S/C18H19N3/c1-2-7-14(8-3-1)13-21-17-12-6-10-15-9-4-5-11-16(15)18(17)19-20-21/h1-5,7-9,11,17-18H,6,10,12-13H2/t17-,18-/m1/s1. The molecular formula is C18H19N3. The Kier molecular flexibility index (Phi) is 3.18. The summed E-state index contributed by atoms with van der Waals surface area (Å²) in [5.41, 5.74) is 4.12. The summed E-state index contributed by atoms with van der Waals surface area (Å²) in [5, 5.41) is 11.2. The predicted molar refractivity (Wildman–Crippen MR) is 82.8 cm³/mol. The molecule has 3 heteroatoms. The first kappa shape index (κ1) is 12.6. The van der Waals surface area contributed by atoms with Crippen LogP contribution in [0.25, 0.3) is 0 Å². The van der Waals surface area contributed by atoms with Gasteiger partial charge in [-0.25, -0.2) is 0 Å². The van der Waals surface area contributed by atoms with Crippen LogP contribution in [0, 0.1) is 0 Å². The first-order valence-electron chi connectivity index (χ1n) is 7.71. The molecule has 0 fully saturated rings. The van der Waals surface area contributed by atoms with Gasteiger partial charge in [0.2, 0.25) is 0 Å². The molecule has 21 heavy (non-hydrogen) atoms. The smallest absolute Gasteiger partial charge is 0.120 e. The molecule has 2 aromatic carbocycles. The summed E-state index contributed by atoms with van der Waals surface area (Å²) in [5.74, 6) is 0. The largest absolute Gasteiger partial charge is 0.269 e. The summed E-state index contributed by atoms with van der Waals surface area (Å²) >= 11 is 0. The van der Waals surface area contributed by atoms with Crippen molar-refractivity contribution in [1.82, 2.24) is 5.01 Å². The van der Waals surface area contributed by atoms with E-state index >= 15 is 0 Å². The lowest BCUT2D eigenvalue weighted by atomic mass is 9.97. The van der Waals surface area contributed by atoms with Crippen molar-refractivity contribution in [3.05, 3.63) is 71.3 Å². The van der Waals surface area contributed by atoms with Crippen molar-refractivity contribution in [3.63, 3.8) is 0 Å². The number of aryl methyl sites for hydroxylation is 1. The average molecular weight is 277 g/mol. The number of rotatable bonds is 2. The second-order valence-corrected chi connectivity index (χ2v) is 5.89. The van der Waals surface area contributed by atoms with Crippen LogP contribution in [0.15, 0.2) is 64.9 Å². The zero-order valence-electron chi connectivity index (χ0n) is 12.0. The first-order valence-corrected chi connectivity index (χ1v) is 7.71. The molecule has 1 heterocycles. The Bertz CT molecular complexity index is 651. The third-order valence-electron chi connectivity index (χ3n) is 4.55.